The summed E-state index contributed by atoms with van der Waals surface area (Å²) in [5, 5.41) is 0. The molecule has 0 aliphatic carbocycles. The van der Waals surface area contributed by atoms with Gasteiger partial charge in [0.25, 0.3) is 0 Å². The third-order valence-corrected chi connectivity index (χ3v) is 1.20. The molecule has 1 rings (SSSR count). The normalized spacial score (nSPS) is 30.3. The van der Waals surface area contributed by atoms with E-state index in [9.17, 15) is 4.79 Å². The molecule has 1 aliphatic rings. The summed E-state index contributed by atoms with van der Waals surface area (Å²) in [4.78, 5) is 10.4. The van der Waals surface area contributed by atoms with Crippen molar-refractivity contribution in [3.05, 3.63) is 0 Å². The van der Waals surface area contributed by atoms with Crippen molar-refractivity contribution in [2.75, 3.05) is 6.61 Å². The predicted octanol–water partition coefficient (Wildman–Crippen LogP) is -0.645. The molecule has 0 saturated carbocycles. The van der Waals surface area contributed by atoms with Crippen molar-refractivity contribution in [1.82, 2.24) is 0 Å². The Morgan fingerprint density at radius 2 is 2.57 bits per heavy atom. The minimum absolute atomic E-state index is 0.0417. The fourth-order valence-electron chi connectivity index (χ4n) is 0.596. The number of esters is 1. The lowest BCUT2D eigenvalue weighted by Gasteiger charge is -1.88. The summed E-state index contributed by atoms with van der Waals surface area (Å²) >= 11 is 0. The smallest absolute Gasteiger partial charge is 0.300 e. The number of cyclic esters (lactones) is 1. The first kappa shape index (κ1) is 4.69. The van der Waals surface area contributed by atoms with E-state index in [1.165, 1.54) is 0 Å². The number of hydrogen-bond donors (Lipinski definition) is 0. The van der Waals surface area contributed by atoms with Crippen LogP contribution in [0.1, 0.15) is 6.42 Å². The lowest BCUT2D eigenvalue weighted by molar-refractivity contribution is -0.137. The van der Waals surface area contributed by atoms with Crippen LogP contribution in [0.5, 0.6) is 0 Å². The van der Waals surface area contributed by atoms with E-state index in [1.54, 1.807) is 0 Å². The molecule has 0 aromatic carbocycles. The first-order valence-corrected chi connectivity index (χ1v) is 2.47. The van der Waals surface area contributed by atoms with Gasteiger partial charge in [-0.2, -0.15) is 0 Å². The van der Waals surface area contributed by atoms with Crippen molar-refractivity contribution in [3.63, 3.8) is 0 Å². The largest absolute Gasteiger partial charge is 0.466 e. The van der Waals surface area contributed by atoms with Crippen LogP contribution >= 0.6 is 0 Å². The van der Waals surface area contributed by atoms with Crippen LogP contribution in [0.15, 0.2) is 0 Å². The molecule has 1 aliphatic heterocycles. The summed E-state index contributed by atoms with van der Waals surface area (Å²) in [5.41, 5.74) is 0. The third-order valence-electron chi connectivity index (χ3n) is 1.20. The molecule has 0 aromatic rings. The van der Waals surface area contributed by atoms with Crippen LogP contribution < -0.4 is 0 Å². The van der Waals surface area contributed by atoms with E-state index in [0.717, 1.165) is 6.42 Å². The lowest BCUT2D eigenvalue weighted by Crippen LogP contribution is -1.99. The van der Waals surface area contributed by atoms with Gasteiger partial charge in [0.1, 0.15) is 7.85 Å². The van der Waals surface area contributed by atoms with Gasteiger partial charge in [-0.25, -0.2) is 0 Å². The van der Waals surface area contributed by atoms with Crippen molar-refractivity contribution >= 4 is 13.8 Å². The second-order valence-electron chi connectivity index (χ2n) is 1.86. The quantitative estimate of drug-likeness (QED) is 0.297. The zero-order valence-corrected chi connectivity index (χ0v) is 4.31. The Kier molecular flexibility index (Phi) is 1.05. The fraction of sp³-hybridized carbons (Fsp3) is 0.750. The number of hydrogen-bond acceptors (Lipinski definition) is 2. The maximum Gasteiger partial charge on any atom is 0.300 e. The molecule has 38 valence electrons. The van der Waals surface area contributed by atoms with Gasteiger partial charge in [-0.1, -0.05) is 0 Å². The van der Waals surface area contributed by atoms with E-state index >= 15 is 0 Å². The molecule has 1 heterocycles. The maximum atomic E-state index is 10.4. The summed E-state index contributed by atoms with van der Waals surface area (Å²) in [5.74, 6) is 0.111. The zero-order chi connectivity index (χ0) is 5.28. The van der Waals surface area contributed by atoms with Crippen LogP contribution in [0.25, 0.3) is 0 Å². The Hall–Kier alpha value is -0.465. The van der Waals surface area contributed by atoms with Crippen LogP contribution in [0.3, 0.4) is 0 Å². The number of ether oxygens (including phenoxy) is 1. The Balaban J connectivity index is 2.48. The third kappa shape index (κ3) is 0.761. The molecular formula is C4H7BO2. The fourth-order valence-corrected chi connectivity index (χ4v) is 0.596. The van der Waals surface area contributed by atoms with Gasteiger partial charge in [0, 0.05) is 5.82 Å². The topological polar surface area (TPSA) is 26.3 Å². The molecule has 0 amide bonds. The van der Waals surface area contributed by atoms with Crippen molar-refractivity contribution in [1.29, 1.82) is 0 Å². The molecule has 0 bridgehead atoms. The lowest BCUT2D eigenvalue weighted by atomic mass is 9.87. The molecule has 0 radical (unpaired) electrons. The molecule has 1 fully saturated rings. The number of carbonyl (C=O) groups excluding carboxylic acids is 1. The van der Waals surface area contributed by atoms with Crippen molar-refractivity contribution < 1.29 is 9.53 Å². The van der Waals surface area contributed by atoms with Gasteiger partial charge in [-0.05, 0) is 6.42 Å². The molecule has 0 spiro atoms. The van der Waals surface area contributed by atoms with Gasteiger partial charge in [-0.15, -0.1) is 0 Å². The highest BCUT2D eigenvalue weighted by Crippen LogP contribution is 2.14. The predicted molar refractivity (Wildman–Crippen MR) is 27.9 cm³/mol. The van der Waals surface area contributed by atoms with Crippen molar-refractivity contribution in [2.45, 2.75) is 12.2 Å². The van der Waals surface area contributed by atoms with Crippen LogP contribution in [-0.4, -0.2) is 20.4 Å². The average Bonchev–Trinajstić information content (AvgIpc) is 1.91. The molecule has 1 atom stereocenters. The Morgan fingerprint density at radius 1 is 1.86 bits per heavy atom. The highest BCUT2D eigenvalue weighted by Gasteiger charge is 2.20. The summed E-state index contributed by atoms with van der Waals surface area (Å²) in [6.45, 7) is 0.625. The SMILES string of the molecule is BC1CCOC1=O. The van der Waals surface area contributed by atoms with E-state index in [-0.39, 0.29) is 11.8 Å². The molecule has 0 N–H and O–H groups in total. The first-order chi connectivity index (χ1) is 3.30. The summed E-state index contributed by atoms with van der Waals surface area (Å²) in [6, 6.07) is 0. The minimum atomic E-state index is -0.0417. The number of carbonyl (C=O) groups is 1. The van der Waals surface area contributed by atoms with Crippen LogP contribution in [0.2, 0.25) is 5.82 Å². The van der Waals surface area contributed by atoms with E-state index < -0.39 is 0 Å². The summed E-state index contributed by atoms with van der Waals surface area (Å²) in [7, 11) is 1.88. The second kappa shape index (κ2) is 1.56. The average molecular weight is 97.9 g/mol. The number of rotatable bonds is 0. The Bertz CT molecular complexity index is 91.7. The summed E-state index contributed by atoms with van der Waals surface area (Å²) in [6.07, 6.45) is 0.902. The van der Waals surface area contributed by atoms with Crippen LogP contribution in [-0.2, 0) is 9.53 Å². The van der Waals surface area contributed by atoms with Crippen molar-refractivity contribution in [3.8, 4) is 0 Å². The molecule has 1 unspecified atom stereocenters. The monoisotopic (exact) mass is 98.1 g/mol. The highest BCUT2D eigenvalue weighted by atomic mass is 16.5. The van der Waals surface area contributed by atoms with E-state index in [4.69, 9.17) is 0 Å². The van der Waals surface area contributed by atoms with Gasteiger partial charge in [0.15, 0.2) is 0 Å². The second-order valence-corrected chi connectivity index (χ2v) is 1.86. The highest BCUT2D eigenvalue weighted by molar-refractivity contribution is 6.23. The van der Waals surface area contributed by atoms with Crippen molar-refractivity contribution in [2.24, 2.45) is 0 Å². The molecular weight excluding hydrogens is 90.9 g/mol. The van der Waals surface area contributed by atoms with E-state index in [1.807, 2.05) is 7.85 Å². The van der Waals surface area contributed by atoms with Crippen LogP contribution in [0.4, 0.5) is 0 Å². The Morgan fingerprint density at radius 3 is 2.71 bits per heavy atom. The molecule has 0 aromatic heterocycles. The van der Waals surface area contributed by atoms with E-state index in [0.29, 0.717) is 6.61 Å². The molecule has 2 nitrogen and oxygen atoms in total. The van der Waals surface area contributed by atoms with Crippen LogP contribution in [0, 0.1) is 0 Å². The first-order valence-electron chi connectivity index (χ1n) is 2.47. The maximum absolute atomic E-state index is 10.4. The molecule has 7 heavy (non-hydrogen) atoms. The Labute approximate surface area is 43.3 Å². The van der Waals surface area contributed by atoms with Gasteiger partial charge in [0.05, 0.1) is 6.61 Å². The van der Waals surface area contributed by atoms with Gasteiger partial charge >= 0.3 is 5.97 Å². The summed E-state index contributed by atoms with van der Waals surface area (Å²) < 4.78 is 4.63. The van der Waals surface area contributed by atoms with Gasteiger partial charge < -0.3 is 4.74 Å². The van der Waals surface area contributed by atoms with Gasteiger partial charge in [0.2, 0.25) is 0 Å². The molecule has 3 heteroatoms. The van der Waals surface area contributed by atoms with Gasteiger partial charge in [-0.3, -0.25) is 4.79 Å². The zero-order valence-electron chi connectivity index (χ0n) is 4.31. The van der Waals surface area contributed by atoms with E-state index in [2.05, 4.69) is 4.74 Å². The minimum Gasteiger partial charge on any atom is -0.466 e. The standard InChI is InChI=1S/C4H7BO2/c5-3-1-2-7-4(3)6/h3H,1-2,5H2. The molecule has 1 saturated heterocycles.